The molecule has 0 radical (unpaired) electrons. The molecule has 0 heterocycles. The molecule has 5 saturated carbocycles. The van der Waals surface area contributed by atoms with E-state index in [4.69, 9.17) is 0 Å². The van der Waals surface area contributed by atoms with Gasteiger partial charge in [0.25, 0.3) is 0 Å². The average molecular weight is 443 g/mol. The standard InChI is InChI=1S/C30H50O2/c1-18(2)19-11-13-27(5)15-16-29(7)20(24(19)27)9-10-23-28(6)17-21(31)25(32)26(3,4)22(28)12-14-30(23,29)8/h19-25,31-32H,1,9-17H2,2-8H3. The van der Waals surface area contributed by atoms with Crippen LogP contribution in [-0.2, 0) is 0 Å². The largest absolute Gasteiger partial charge is 0.390 e. The van der Waals surface area contributed by atoms with Gasteiger partial charge in [-0.15, -0.1) is 0 Å². The Labute approximate surface area is 197 Å². The van der Waals surface area contributed by atoms with Crippen LogP contribution in [0.5, 0.6) is 0 Å². The van der Waals surface area contributed by atoms with Gasteiger partial charge >= 0.3 is 0 Å². The number of aliphatic hydroxyl groups excluding tert-OH is 2. The Bertz CT molecular complexity index is 801. The quantitative estimate of drug-likeness (QED) is 0.429. The molecule has 11 unspecified atom stereocenters. The van der Waals surface area contributed by atoms with Gasteiger partial charge < -0.3 is 10.2 Å². The number of hydrogen-bond acceptors (Lipinski definition) is 2. The Hall–Kier alpha value is -0.340. The van der Waals surface area contributed by atoms with E-state index in [-0.39, 0.29) is 10.8 Å². The molecule has 5 fully saturated rings. The van der Waals surface area contributed by atoms with E-state index in [1.54, 1.807) is 0 Å². The monoisotopic (exact) mass is 442 g/mol. The van der Waals surface area contributed by atoms with Crippen LogP contribution in [0.15, 0.2) is 12.2 Å². The fourth-order valence-corrected chi connectivity index (χ4v) is 11.6. The molecular formula is C30H50O2. The maximum atomic E-state index is 11.0. The van der Waals surface area contributed by atoms with Crippen LogP contribution in [0.1, 0.15) is 106 Å². The maximum absolute atomic E-state index is 11.0. The van der Waals surface area contributed by atoms with E-state index < -0.39 is 12.2 Å². The molecule has 0 spiro atoms. The SMILES string of the molecule is C=C(C)C1CCC2(C)CCC3(C)C(CCC4C5(C)CC(O)C(O)C(C)(C)C5CCC43C)C12. The first-order valence-corrected chi connectivity index (χ1v) is 13.7. The minimum absolute atomic E-state index is 0.118. The summed E-state index contributed by atoms with van der Waals surface area (Å²) in [6, 6.07) is 0. The van der Waals surface area contributed by atoms with Gasteiger partial charge in [0, 0.05) is 0 Å². The van der Waals surface area contributed by atoms with Gasteiger partial charge in [0.05, 0.1) is 12.2 Å². The molecule has 182 valence electrons. The lowest BCUT2D eigenvalue weighted by Gasteiger charge is -2.73. The van der Waals surface area contributed by atoms with Crippen molar-refractivity contribution in [1.29, 1.82) is 0 Å². The molecule has 5 aliphatic carbocycles. The van der Waals surface area contributed by atoms with Crippen molar-refractivity contribution in [2.45, 2.75) is 118 Å². The molecule has 0 aromatic rings. The fourth-order valence-electron chi connectivity index (χ4n) is 11.6. The Morgan fingerprint density at radius 2 is 1.47 bits per heavy atom. The van der Waals surface area contributed by atoms with E-state index in [1.807, 2.05) is 0 Å². The summed E-state index contributed by atoms with van der Waals surface area (Å²) in [5, 5.41) is 21.9. The molecule has 11 atom stereocenters. The van der Waals surface area contributed by atoms with Crippen molar-refractivity contribution in [3.05, 3.63) is 12.2 Å². The zero-order valence-corrected chi connectivity index (χ0v) is 22.0. The predicted octanol–water partition coefficient (Wildman–Crippen LogP) is 7.00. The Balaban J connectivity index is 1.55. The van der Waals surface area contributed by atoms with Gasteiger partial charge in [0.2, 0.25) is 0 Å². The highest BCUT2D eigenvalue weighted by Crippen LogP contribution is 2.77. The van der Waals surface area contributed by atoms with E-state index in [1.165, 1.54) is 56.9 Å². The molecule has 2 N–H and O–H groups in total. The van der Waals surface area contributed by atoms with E-state index in [9.17, 15) is 10.2 Å². The molecule has 2 heteroatoms. The van der Waals surface area contributed by atoms with Gasteiger partial charge in [-0.1, -0.05) is 53.7 Å². The second kappa shape index (κ2) is 6.87. The van der Waals surface area contributed by atoms with Crippen LogP contribution in [0.3, 0.4) is 0 Å². The molecule has 5 rings (SSSR count). The van der Waals surface area contributed by atoms with Crippen molar-refractivity contribution in [3.8, 4) is 0 Å². The van der Waals surface area contributed by atoms with E-state index in [2.05, 4.69) is 55.0 Å². The third kappa shape index (κ3) is 2.66. The number of rotatable bonds is 1. The Morgan fingerprint density at radius 3 is 2.12 bits per heavy atom. The normalized spacial score (nSPS) is 58.8. The van der Waals surface area contributed by atoms with E-state index in [0.29, 0.717) is 34.0 Å². The molecule has 0 aliphatic heterocycles. The Kier molecular flexibility index (Phi) is 5.02. The summed E-state index contributed by atoms with van der Waals surface area (Å²) in [4.78, 5) is 0. The molecule has 0 aromatic carbocycles. The number of aliphatic hydroxyl groups is 2. The van der Waals surface area contributed by atoms with Gasteiger partial charge in [-0.3, -0.25) is 0 Å². The van der Waals surface area contributed by atoms with Crippen LogP contribution in [0.2, 0.25) is 0 Å². The number of allylic oxidation sites excluding steroid dienone is 1. The molecule has 0 amide bonds. The van der Waals surface area contributed by atoms with Gasteiger partial charge in [-0.05, 0) is 121 Å². The summed E-state index contributed by atoms with van der Waals surface area (Å²) in [6.07, 6.45) is 10.2. The zero-order valence-electron chi connectivity index (χ0n) is 22.0. The van der Waals surface area contributed by atoms with Crippen molar-refractivity contribution >= 4 is 0 Å². The molecule has 32 heavy (non-hydrogen) atoms. The van der Waals surface area contributed by atoms with Crippen molar-refractivity contribution in [2.24, 2.45) is 56.7 Å². The van der Waals surface area contributed by atoms with Gasteiger partial charge in [-0.25, -0.2) is 0 Å². The lowest BCUT2D eigenvalue weighted by atomic mass is 9.32. The molecule has 0 aromatic heterocycles. The smallest absolute Gasteiger partial charge is 0.0852 e. The molecule has 2 nitrogen and oxygen atoms in total. The van der Waals surface area contributed by atoms with Gasteiger partial charge in [-0.2, -0.15) is 0 Å². The summed E-state index contributed by atoms with van der Waals surface area (Å²) in [5.74, 6) is 3.46. The predicted molar refractivity (Wildman–Crippen MR) is 132 cm³/mol. The summed E-state index contributed by atoms with van der Waals surface area (Å²) < 4.78 is 0. The lowest BCUT2D eigenvalue weighted by Crippen LogP contribution is -2.68. The van der Waals surface area contributed by atoms with Crippen molar-refractivity contribution in [3.63, 3.8) is 0 Å². The summed E-state index contributed by atoms with van der Waals surface area (Å²) >= 11 is 0. The topological polar surface area (TPSA) is 40.5 Å². The van der Waals surface area contributed by atoms with Gasteiger partial charge in [0.1, 0.15) is 0 Å². The second-order valence-corrected chi connectivity index (χ2v) is 14.9. The maximum Gasteiger partial charge on any atom is 0.0852 e. The van der Waals surface area contributed by atoms with Crippen LogP contribution in [-0.4, -0.2) is 22.4 Å². The van der Waals surface area contributed by atoms with Crippen LogP contribution in [0.4, 0.5) is 0 Å². The minimum atomic E-state index is -0.595. The average Bonchev–Trinajstić information content (AvgIpc) is 3.05. The molecule has 0 saturated heterocycles. The first kappa shape index (κ1) is 23.4. The van der Waals surface area contributed by atoms with Crippen molar-refractivity contribution in [2.75, 3.05) is 0 Å². The third-order valence-electron chi connectivity index (χ3n) is 13.4. The van der Waals surface area contributed by atoms with Crippen molar-refractivity contribution < 1.29 is 10.2 Å². The highest BCUT2D eigenvalue weighted by molar-refractivity contribution is 5.21. The fraction of sp³-hybridized carbons (Fsp3) is 0.933. The Morgan fingerprint density at radius 1 is 0.781 bits per heavy atom. The van der Waals surface area contributed by atoms with E-state index in [0.717, 1.165) is 18.3 Å². The highest BCUT2D eigenvalue weighted by atomic mass is 16.3. The number of hydrogen-bond donors (Lipinski definition) is 2. The highest BCUT2D eigenvalue weighted by Gasteiger charge is 2.70. The summed E-state index contributed by atoms with van der Waals surface area (Å²) in [7, 11) is 0. The van der Waals surface area contributed by atoms with Crippen molar-refractivity contribution in [1.82, 2.24) is 0 Å². The first-order chi connectivity index (χ1) is 14.7. The zero-order chi connectivity index (χ0) is 23.5. The molecular weight excluding hydrogens is 392 g/mol. The molecule has 5 aliphatic rings. The third-order valence-corrected chi connectivity index (χ3v) is 13.4. The van der Waals surface area contributed by atoms with Crippen LogP contribution in [0.25, 0.3) is 0 Å². The second-order valence-electron chi connectivity index (χ2n) is 14.9. The van der Waals surface area contributed by atoms with Crippen LogP contribution >= 0.6 is 0 Å². The summed E-state index contributed by atoms with van der Waals surface area (Å²) in [6.45, 7) is 21.6. The first-order valence-electron chi connectivity index (χ1n) is 13.7. The van der Waals surface area contributed by atoms with E-state index >= 15 is 0 Å². The minimum Gasteiger partial charge on any atom is -0.390 e. The number of fused-ring (bicyclic) bond motifs is 7. The summed E-state index contributed by atoms with van der Waals surface area (Å²) in [5.41, 5.74) is 2.53. The van der Waals surface area contributed by atoms with Crippen LogP contribution in [0, 0.1) is 56.7 Å². The van der Waals surface area contributed by atoms with Gasteiger partial charge in [0.15, 0.2) is 0 Å². The lowest BCUT2D eigenvalue weighted by molar-refractivity contribution is -0.262. The van der Waals surface area contributed by atoms with Crippen LogP contribution < -0.4 is 0 Å². The molecule has 0 bridgehead atoms.